The van der Waals surface area contributed by atoms with E-state index in [4.69, 9.17) is 15.0 Å². The van der Waals surface area contributed by atoms with Crippen LogP contribution in [-0.2, 0) is 16.0 Å². The number of pyridine rings is 1. The van der Waals surface area contributed by atoms with Crippen molar-refractivity contribution in [3.8, 4) is 6.07 Å². The van der Waals surface area contributed by atoms with Crippen molar-refractivity contribution in [2.24, 2.45) is 5.92 Å². The van der Waals surface area contributed by atoms with E-state index in [1.807, 2.05) is 26.1 Å². The molecule has 0 atom stereocenters. The van der Waals surface area contributed by atoms with E-state index in [2.05, 4.69) is 25.9 Å². The molecule has 8 nitrogen and oxygen atoms in total. The fourth-order valence-electron chi connectivity index (χ4n) is 4.48. The highest BCUT2D eigenvalue weighted by atomic mass is 16.5. The molecule has 1 aliphatic carbocycles. The Labute approximate surface area is 182 Å². The first-order valence-electron chi connectivity index (χ1n) is 10.9. The summed E-state index contributed by atoms with van der Waals surface area (Å²) in [7, 11) is 1.64. The van der Waals surface area contributed by atoms with Crippen LogP contribution in [0.5, 0.6) is 0 Å². The Bertz CT molecular complexity index is 1110. The Morgan fingerprint density at radius 2 is 2.16 bits per heavy atom. The second-order valence-electron chi connectivity index (χ2n) is 9.08. The van der Waals surface area contributed by atoms with Crippen molar-refractivity contribution >= 4 is 28.0 Å². The quantitative estimate of drug-likeness (QED) is 0.604. The van der Waals surface area contributed by atoms with Gasteiger partial charge in [0.25, 0.3) is 0 Å². The van der Waals surface area contributed by atoms with E-state index in [1.54, 1.807) is 13.3 Å². The molecule has 3 aromatic rings. The van der Waals surface area contributed by atoms with Gasteiger partial charge in [0, 0.05) is 37.7 Å². The molecule has 2 N–H and O–H groups in total. The van der Waals surface area contributed by atoms with E-state index >= 15 is 0 Å². The van der Waals surface area contributed by atoms with Gasteiger partial charge in [-0.3, -0.25) is 4.79 Å². The van der Waals surface area contributed by atoms with Crippen molar-refractivity contribution in [1.82, 2.24) is 24.8 Å². The molecule has 0 radical (unpaired) electrons. The van der Waals surface area contributed by atoms with E-state index in [0.717, 1.165) is 53.6 Å². The zero-order valence-corrected chi connectivity index (χ0v) is 18.4. The van der Waals surface area contributed by atoms with Crippen LogP contribution < -0.4 is 5.32 Å². The number of hydrogen-bond acceptors (Lipinski definition) is 5. The van der Waals surface area contributed by atoms with Gasteiger partial charge in [0.15, 0.2) is 0 Å². The van der Waals surface area contributed by atoms with Crippen molar-refractivity contribution in [3.63, 3.8) is 0 Å². The number of nitrogens with one attached hydrogen (secondary N) is 2. The minimum absolute atomic E-state index is 0.0712. The van der Waals surface area contributed by atoms with Crippen LogP contribution >= 0.6 is 0 Å². The van der Waals surface area contributed by atoms with Gasteiger partial charge in [-0.2, -0.15) is 5.26 Å². The molecule has 0 unspecified atom stereocenters. The van der Waals surface area contributed by atoms with E-state index in [-0.39, 0.29) is 18.4 Å². The number of carbonyl (C=O) groups is 1. The Kier molecular flexibility index (Phi) is 5.96. The van der Waals surface area contributed by atoms with Crippen LogP contribution in [0.2, 0.25) is 0 Å². The number of methoxy groups -OCH3 is 1. The van der Waals surface area contributed by atoms with Crippen LogP contribution in [0.25, 0.3) is 22.1 Å². The van der Waals surface area contributed by atoms with E-state index in [9.17, 15) is 4.79 Å². The highest BCUT2D eigenvalue weighted by Gasteiger charge is 2.28. The summed E-state index contributed by atoms with van der Waals surface area (Å²) in [5.41, 5.74) is 2.25. The first kappa shape index (κ1) is 21.3. The molecule has 0 bridgehead atoms. The van der Waals surface area contributed by atoms with Crippen LogP contribution in [0, 0.1) is 17.2 Å². The van der Waals surface area contributed by atoms with E-state index < -0.39 is 5.60 Å². The van der Waals surface area contributed by atoms with Crippen LogP contribution in [0.1, 0.15) is 57.8 Å². The molecule has 1 fully saturated rings. The summed E-state index contributed by atoms with van der Waals surface area (Å²) in [4.78, 5) is 25.2. The van der Waals surface area contributed by atoms with E-state index in [0.29, 0.717) is 18.9 Å². The molecule has 1 aliphatic rings. The summed E-state index contributed by atoms with van der Waals surface area (Å²) in [6.07, 6.45) is 8.50. The maximum absolute atomic E-state index is 12.8. The highest BCUT2D eigenvalue weighted by molar-refractivity contribution is 6.01. The number of fused-ring (bicyclic) bond motifs is 3. The fourth-order valence-corrected chi connectivity index (χ4v) is 4.48. The van der Waals surface area contributed by atoms with Gasteiger partial charge in [0.2, 0.25) is 5.91 Å². The first-order valence-corrected chi connectivity index (χ1v) is 10.9. The fraction of sp³-hybridized carbons (Fsp3) is 0.565. The second-order valence-corrected chi connectivity index (χ2v) is 9.08. The molecule has 31 heavy (non-hydrogen) atoms. The molecule has 0 saturated heterocycles. The van der Waals surface area contributed by atoms with Crippen LogP contribution in [0.3, 0.4) is 0 Å². The van der Waals surface area contributed by atoms with Crippen LogP contribution in [0.15, 0.2) is 18.5 Å². The summed E-state index contributed by atoms with van der Waals surface area (Å²) >= 11 is 0. The number of aromatic amines is 1. The summed E-state index contributed by atoms with van der Waals surface area (Å²) in [6.45, 7) is 4.32. The molecule has 0 aliphatic heterocycles. The molecule has 8 heteroatoms. The molecule has 4 rings (SSSR count). The minimum Gasteiger partial charge on any atom is -0.377 e. The second kappa shape index (κ2) is 8.67. The van der Waals surface area contributed by atoms with E-state index in [1.165, 1.54) is 0 Å². The van der Waals surface area contributed by atoms with Gasteiger partial charge in [-0.05, 0) is 51.5 Å². The van der Waals surface area contributed by atoms with Crippen LogP contribution in [0.4, 0.5) is 0 Å². The normalized spacial score (nSPS) is 19.5. The standard InChI is InChI=1S/C23H30N6O2/c1-23(2,31-3)14-27-20(30)12-19-28-18-13-26-22-17(9-11-25-22)21(18)29(19)16-6-4-15(5-7-16)8-10-24/h9,11,13,15-16H,4-8,12,14H2,1-3H3,(H,25,26)(H,27,30)/t15-,16-. The molecule has 0 aromatic carbocycles. The molecule has 1 saturated carbocycles. The predicted molar refractivity (Wildman–Crippen MR) is 118 cm³/mol. The number of amides is 1. The number of nitriles is 1. The third-order valence-corrected chi connectivity index (χ3v) is 6.45. The largest absolute Gasteiger partial charge is 0.377 e. The number of ether oxygens (including phenoxy) is 1. The third-order valence-electron chi connectivity index (χ3n) is 6.45. The lowest BCUT2D eigenvalue weighted by molar-refractivity contribution is -0.121. The van der Waals surface area contributed by atoms with Gasteiger partial charge >= 0.3 is 0 Å². The number of nitrogens with zero attached hydrogens (tertiary/aromatic N) is 4. The molecule has 1 amide bonds. The molecule has 3 aromatic heterocycles. The minimum atomic E-state index is -0.421. The molecular weight excluding hydrogens is 392 g/mol. The van der Waals surface area contributed by atoms with Crippen LogP contribution in [-0.4, -0.2) is 44.7 Å². The monoisotopic (exact) mass is 422 g/mol. The maximum Gasteiger partial charge on any atom is 0.227 e. The molecular formula is C23H30N6O2. The smallest absolute Gasteiger partial charge is 0.227 e. The Morgan fingerprint density at radius 3 is 2.87 bits per heavy atom. The van der Waals surface area contributed by atoms with Gasteiger partial charge in [-0.25, -0.2) is 9.97 Å². The third kappa shape index (κ3) is 4.42. The van der Waals surface area contributed by atoms with Gasteiger partial charge in [-0.1, -0.05) is 0 Å². The zero-order valence-electron chi connectivity index (χ0n) is 18.4. The van der Waals surface area contributed by atoms with Gasteiger partial charge in [0.05, 0.1) is 29.8 Å². The van der Waals surface area contributed by atoms with Gasteiger partial charge in [-0.15, -0.1) is 0 Å². The Hall–Kier alpha value is -2.92. The lowest BCUT2D eigenvalue weighted by atomic mass is 9.84. The number of imidazole rings is 1. The molecule has 164 valence electrons. The molecule has 0 spiro atoms. The lowest BCUT2D eigenvalue weighted by Crippen LogP contribution is -2.40. The van der Waals surface area contributed by atoms with Crippen molar-refractivity contribution in [1.29, 1.82) is 5.26 Å². The maximum atomic E-state index is 12.8. The topological polar surface area (TPSA) is 109 Å². The number of carbonyl (C=O) groups excluding carboxylic acids is 1. The van der Waals surface area contributed by atoms with Gasteiger partial charge in [0.1, 0.15) is 17.0 Å². The summed E-state index contributed by atoms with van der Waals surface area (Å²) in [5, 5.41) is 13.0. The summed E-state index contributed by atoms with van der Waals surface area (Å²) in [6, 6.07) is 4.60. The van der Waals surface area contributed by atoms with Crippen molar-refractivity contribution in [3.05, 3.63) is 24.3 Å². The SMILES string of the molecule is COC(C)(C)CNC(=O)Cc1nc2cnc3[nH]ccc3c2n1[C@H]1CC[C@H](CC#N)CC1. The summed E-state index contributed by atoms with van der Waals surface area (Å²) in [5.74, 6) is 1.16. The first-order chi connectivity index (χ1) is 14.9. The number of rotatable bonds is 7. The van der Waals surface area contributed by atoms with Gasteiger partial charge < -0.3 is 19.6 Å². The number of aromatic nitrogens is 4. The lowest BCUT2D eigenvalue weighted by Gasteiger charge is -2.30. The average molecular weight is 423 g/mol. The van der Waals surface area contributed by atoms with Crippen molar-refractivity contribution < 1.29 is 9.53 Å². The van der Waals surface area contributed by atoms with Crippen molar-refractivity contribution in [2.45, 2.75) is 64.0 Å². The Morgan fingerprint density at radius 1 is 1.39 bits per heavy atom. The van der Waals surface area contributed by atoms with Crippen molar-refractivity contribution in [2.75, 3.05) is 13.7 Å². The summed E-state index contributed by atoms with van der Waals surface area (Å²) < 4.78 is 7.66. The predicted octanol–water partition coefficient (Wildman–Crippen LogP) is 3.64. The molecule has 3 heterocycles. The average Bonchev–Trinajstić information content (AvgIpc) is 3.37. The zero-order chi connectivity index (χ0) is 22.0. The number of H-pyrrole nitrogens is 1. The highest BCUT2D eigenvalue weighted by Crippen LogP contribution is 2.37. The number of hydrogen-bond donors (Lipinski definition) is 2. The Balaban J connectivity index is 1.66.